The number of carbonyl (C=O) groups is 2. The number of aryl methyl sites for hydroxylation is 1. The zero-order valence-corrected chi connectivity index (χ0v) is 11.3. The van der Waals surface area contributed by atoms with Gasteiger partial charge in [-0.3, -0.25) is 9.48 Å². The number of hydrogen-bond acceptors (Lipinski definition) is 4. The summed E-state index contributed by atoms with van der Waals surface area (Å²) in [7, 11) is 0. The minimum atomic E-state index is -1.00. The van der Waals surface area contributed by atoms with Crippen molar-refractivity contribution in [3.8, 4) is 0 Å². The van der Waals surface area contributed by atoms with Gasteiger partial charge in [0.1, 0.15) is 6.04 Å². The molecule has 1 amide bonds. The Labute approximate surface area is 120 Å². The predicted molar refractivity (Wildman–Crippen MR) is 71.1 cm³/mol. The van der Waals surface area contributed by atoms with Crippen LogP contribution < -0.4 is 0 Å². The van der Waals surface area contributed by atoms with E-state index in [2.05, 4.69) is 15.1 Å². The SMILES string of the molecule is O=C(O)C1Cc2nc[nH]c2CN1C(=O)CCn1cccn1. The number of rotatable bonds is 4. The van der Waals surface area contributed by atoms with Crippen LogP contribution in [-0.2, 0) is 29.1 Å². The fourth-order valence-corrected chi connectivity index (χ4v) is 2.51. The highest BCUT2D eigenvalue weighted by atomic mass is 16.4. The molecule has 1 aliphatic rings. The first-order valence-electron chi connectivity index (χ1n) is 6.66. The summed E-state index contributed by atoms with van der Waals surface area (Å²) in [5, 5.41) is 13.4. The van der Waals surface area contributed by atoms with Crippen molar-refractivity contribution in [1.29, 1.82) is 0 Å². The second-order valence-corrected chi connectivity index (χ2v) is 4.93. The first kappa shape index (κ1) is 13.3. The topological polar surface area (TPSA) is 104 Å². The minimum absolute atomic E-state index is 0.196. The first-order valence-corrected chi connectivity index (χ1v) is 6.66. The summed E-state index contributed by atoms with van der Waals surface area (Å²) in [6.07, 6.45) is 5.39. The van der Waals surface area contributed by atoms with Crippen LogP contribution in [0.4, 0.5) is 0 Å². The lowest BCUT2D eigenvalue weighted by Gasteiger charge is -2.32. The van der Waals surface area contributed by atoms with Crippen molar-refractivity contribution in [2.45, 2.75) is 32.0 Å². The van der Waals surface area contributed by atoms with E-state index in [1.54, 1.807) is 23.1 Å². The van der Waals surface area contributed by atoms with Crippen LogP contribution in [0.25, 0.3) is 0 Å². The smallest absolute Gasteiger partial charge is 0.326 e. The van der Waals surface area contributed by atoms with Gasteiger partial charge in [-0.2, -0.15) is 5.10 Å². The molecule has 8 heteroatoms. The summed E-state index contributed by atoms with van der Waals surface area (Å²) in [6, 6.07) is 0.924. The van der Waals surface area contributed by atoms with Gasteiger partial charge in [-0.1, -0.05) is 0 Å². The summed E-state index contributed by atoms with van der Waals surface area (Å²) < 4.78 is 1.65. The highest BCUT2D eigenvalue weighted by Gasteiger charge is 2.35. The van der Waals surface area contributed by atoms with Crippen LogP contribution in [0, 0.1) is 0 Å². The third-order valence-electron chi connectivity index (χ3n) is 3.62. The molecular formula is C13H15N5O3. The van der Waals surface area contributed by atoms with Crippen molar-refractivity contribution >= 4 is 11.9 Å². The lowest BCUT2D eigenvalue weighted by Crippen LogP contribution is -2.48. The number of imidazole rings is 1. The minimum Gasteiger partial charge on any atom is -0.480 e. The summed E-state index contributed by atoms with van der Waals surface area (Å²) in [5.74, 6) is -1.20. The number of carbonyl (C=O) groups excluding carboxylic acids is 1. The van der Waals surface area contributed by atoms with Crippen molar-refractivity contribution in [3.63, 3.8) is 0 Å². The van der Waals surface area contributed by atoms with Gasteiger partial charge in [0.15, 0.2) is 0 Å². The third-order valence-corrected chi connectivity index (χ3v) is 3.62. The maximum atomic E-state index is 12.3. The Bertz CT molecular complexity index is 649. The van der Waals surface area contributed by atoms with Gasteiger partial charge in [0.25, 0.3) is 0 Å². The number of H-pyrrole nitrogens is 1. The lowest BCUT2D eigenvalue weighted by molar-refractivity contribution is -0.151. The lowest BCUT2D eigenvalue weighted by atomic mass is 10.0. The molecule has 0 aromatic carbocycles. The molecule has 0 spiro atoms. The number of amides is 1. The van der Waals surface area contributed by atoms with Gasteiger partial charge in [-0.05, 0) is 6.07 Å². The van der Waals surface area contributed by atoms with Gasteiger partial charge in [-0.15, -0.1) is 0 Å². The molecule has 0 radical (unpaired) electrons. The van der Waals surface area contributed by atoms with Crippen LogP contribution in [0.2, 0.25) is 0 Å². The van der Waals surface area contributed by atoms with Crippen LogP contribution in [0.1, 0.15) is 17.8 Å². The second kappa shape index (κ2) is 5.39. The highest BCUT2D eigenvalue weighted by molar-refractivity contribution is 5.84. The van der Waals surface area contributed by atoms with Crippen molar-refractivity contribution in [1.82, 2.24) is 24.6 Å². The van der Waals surface area contributed by atoms with Crippen LogP contribution in [-0.4, -0.2) is 47.7 Å². The average molecular weight is 289 g/mol. The monoisotopic (exact) mass is 289 g/mol. The first-order chi connectivity index (χ1) is 10.1. The maximum absolute atomic E-state index is 12.3. The molecule has 0 fully saturated rings. The number of aliphatic carboxylic acids is 1. The molecule has 2 aromatic rings. The Morgan fingerprint density at radius 1 is 1.48 bits per heavy atom. The maximum Gasteiger partial charge on any atom is 0.326 e. The summed E-state index contributed by atoms with van der Waals surface area (Å²) >= 11 is 0. The quantitative estimate of drug-likeness (QED) is 0.826. The van der Waals surface area contributed by atoms with Crippen molar-refractivity contribution in [2.24, 2.45) is 0 Å². The molecule has 1 atom stereocenters. The number of aromatic nitrogens is 4. The highest BCUT2D eigenvalue weighted by Crippen LogP contribution is 2.21. The molecular weight excluding hydrogens is 274 g/mol. The number of aromatic amines is 1. The fourth-order valence-electron chi connectivity index (χ4n) is 2.51. The fraction of sp³-hybridized carbons (Fsp3) is 0.385. The molecule has 0 bridgehead atoms. The van der Waals surface area contributed by atoms with E-state index in [0.717, 1.165) is 11.4 Å². The second-order valence-electron chi connectivity index (χ2n) is 4.93. The summed E-state index contributed by atoms with van der Waals surface area (Å²) in [5.41, 5.74) is 1.53. The van der Waals surface area contributed by atoms with Crippen LogP contribution in [0.3, 0.4) is 0 Å². The van der Waals surface area contributed by atoms with Gasteiger partial charge < -0.3 is 15.0 Å². The van der Waals surface area contributed by atoms with Gasteiger partial charge in [0.2, 0.25) is 5.91 Å². The number of nitrogens with one attached hydrogen (secondary N) is 1. The van der Waals surface area contributed by atoms with E-state index in [9.17, 15) is 14.7 Å². The van der Waals surface area contributed by atoms with Crippen LogP contribution >= 0.6 is 0 Å². The van der Waals surface area contributed by atoms with Gasteiger partial charge in [-0.25, -0.2) is 9.78 Å². The van der Waals surface area contributed by atoms with Gasteiger partial charge >= 0.3 is 5.97 Å². The number of hydrogen-bond donors (Lipinski definition) is 2. The Kier molecular flexibility index (Phi) is 3.43. The molecule has 2 aromatic heterocycles. The number of fused-ring (bicyclic) bond motifs is 1. The molecule has 2 N–H and O–H groups in total. The number of nitrogens with zero attached hydrogens (tertiary/aromatic N) is 4. The van der Waals surface area contributed by atoms with Gasteiger partial charge in [0, 0.05) is 31.8 Å². The van der Waals surface area contributed by atoms with Crippen molar-refractivity contribution < 1.29 is 14.7 Å². The van der Waals surface area contributed by atoms with Crippen molar-refractivity contribution in [2.75, 3.05) is 0 Å². The molecule has 3 heterocycles. The zero-order valence-electron chi connectivity index (χ0n) is 11.3. The molecule has 110 valence electrons. The molecule has 8 nitrogen and oxygen atoms in total. The van der Waals surface area contributed by atoms with Crippen LogP contribution in [0.5, 0.6) is 0 Å². The molecule has 0 saturated carbocycles. The Balaban J connectivity index is 1.72. The average Bonchev–Trinajstić information content (AvgIpc) is 3.13. The van der Waals surface area contributed by atoms with E-state index < -0.39 is 12.0 Å². The number of carboxylic acids is 1. The molecule has 0 saturated heterocycles. The molecule has 0 aliphatic carbocycles. The normalized spacial score (nSPS) is 17.5. The van der Waals surface area contributed by atoms with Crippen LogP contribution in [0.15, 0.2) is 24.8 Å². The molecule has 1 aliphatic heterocycles. The Morgan fingerprint density at radius 2 is 2.33 bits per heavy atom. The van der Waals surface area contributed by atoms with E-state index in [-0.39, 0.29) is 25.3 Å². The standard InChI is InChI=1S/C13H15N5O3/c19-12(2-5-17-4-1-3-16-17)18-7-10-9(14-8-15-10)6-11(18)13(20)21/h1,3-4,8,11H,2,5-7H2,(H,14,15)(H,20,21). The number of carboxylic acid groups (broad SMARTS) is 1. The summed E-state index contributed by atoms with van der Waals surface area (Å²) in [4.78, 5) is 32.2. The van der Waals surface area contributed by atoms with E-state index in [1.807, 2.05) is 0 Å². The van der Waals surface area contributed by atoms with E-state index in [1.165, 1.54) is 11.2 Å². The Morgan fingerprint density at radius 3 is 3.05 bits per heavy atom. The zero-order chi connectivity index (χ0) is 14.8. The third kappa shape index (κ3) is 2.64. The van der Waals surface area contributed by atoms with Crippen molar-refractivity contribution in [3.05, 3.63) is 36.2 Å². The van der Waals surface area contributed by atoms with E-state index in [0.29, 0.717) is 6.54 Å². The predicted octanol–water partition coefficient (Wildman–Crippen LogP) is 0.0344. The van der Waals surface area contributed by atoms with E-state index >= 15 is 0 Å². The largest absolute Gasteiger partial charge is 0.480 e. The Hall–Kier alpha value is -2.64. The molecule has 21 heavy (non-hydrogen) atoms. The molecule has 1 unspecified atom stereocenters. The molecule has 3 rings (SSSR count). The van der Waals surface area contributed by atoms with Gasteiger partial charge in [0.05, 0.1) is 24.3 Å². The summed E-state index contributed by atoms with van der Waals surface area (Å²) in [6.45, 7) is 0.689. The van der Waals surface area contributed by atoms with E-state index in [4.69, 9.17) is 0 Å².